The average Bonchev–Trinajstić information content (AvgIpc) is 2.42. The van der Waals surface area contributed by atoms with Gasteiger partial charge in [-0.2, -0.15) is 0 Å². The van der Waals surface area contributed by atoms with Crippen LogP contribution < -0.4 is 5.32 Å². The standard InChI is InChI=1S/C11H15NO2/c1-3-9-7-5-6-8-10(12-9)14-11(13)4-2/h5-8,12H,3-4H2,1-2H3. The van der Waals surface area contributed by atoms with Crippen molar-refractivity contribution in [3.63, 3.8) is 0 Å². The molecule has 0 aromatic rings. The SMILES string of the molecule is CCC(=O)OC1=CC=CC=C(CC)N1. The molecule has 0 bridgehead atoms. The lowest BCUT2D eigenvalue weighted by molar-refractivity contribution is -0.139. The molecule has 0 saturated carbocycles. The molecule has 1 rings (SSSR count). The van der Waals surface area contributed by atoms with E-state index in [9.17, 15) is 4.79 Å². The first-order valence-corrected chi connectivity index (χ1v) is 4.81. The summed E-state index contributed by atoms with van der Waals surface area (Å²) >= 11 is 0. The normalized spacial score (nSPS) is 15.0. The maximum absolute atomic E-state index is 11.0. The Morgan fingerprint density at radius 2 is 2.07 bits per heavy atom. The minimum absolute atomic E-state index is 0.227. The van der Waals surface area contributed by atoms with Gasteiger partial charge in [-0.25, -0.2) is 0 Å². The molecule has 0 aromatic heterocycles. The Labute approximate surface area is 84.1 Å². The van der Waals surface area contributed by atoms with Crippen molar-refractivity contribution in [3.8, 4) is 0 Å². The molecule has 3 nitrogen and oxygen atoms in total. The van der Waals surface area contributed by atoms with E-state index in [1.165, 1.54) is 0 Å². The van der Waals surface area contributed by atoms with Gasteiger partial charge in [0.2, 0.25) is 5.88 Å². The van der Waals surface area contributed by atoms with E-state index in [-0.39, 0.29) is 5.97 Å². The molecule has 0 unspecified atom stereocenters. The van der Waals surface area contributed by atoms with Crippen molar-refractivity contribution in [1.29, 1.82) is 0 Å². The third-order valence-electron chi connectivity index (χ3n) is 1.83. The molecule has 76 valence electrons. The summed E-state index contributed by atoms with van der Waals surface area (Å²) in [5, 5.41) is 3.05. The number of rotatable bonds is 3. The van der Waals surface area contributed by atoms with Gasteiger partial charge in [0.15, 0.2) is 0 Å². The Hall–Kier alpha value is -1.51. The number of hydrogen-bond donors (Lipinski definition) is 1. The van der Waals surface area contributed by atoms with Gasteiger partial charge in [0, 0.05) is 12.1 Å². The predicted octanol–water partition coefficient (Wildman–Crippen LogP) is 2.23. The van der Waals surface area contributed by atoms with Crippen molar-refractivity contribution in [3.05, 3.63) is 35.9 Å². The Balaban J connectivity index is 2.62. The van der Waals surface area contributed by atoms with E-state index in [4.69, 9.17) is 4.74 Å². The van der Waals surface area contributed by atoms with Gasteiger partial charge in [0.05, 0.1) is 0 Å². The van der Waals surface area contributed by atoms with E-state index < -0.39 is 0 Å². The van der Waals surface area contributed by atoms with Crippen LogP contribution in [0.15, 0.2) is 35.9 Å². The number of ether oxygens (including phenoxy) is 1. The van der Waals surface area contributed by atoms with Crippen LogP contribution in [0.4, 0.5) is 0 Å². The first-order chi connectivity index (χ1) is 6.76. The van der Waals surface area contributed by atoms with Crippen molar-refractivity contribution >= 4 is 5.97 Å². The Morgan fingerprint density at radius 1 is 1.36 bits per heavy atom. The van der Waals surface area contributed by atoms with Crippen molar-refractivity contribution in [2.24, 2.45) is 0 Å². The fourth-order valence-electron chi connectivity index (χ4n) is 1.02. The van der Waals surface area contributed by atoms with E-state index in [1.54, 1.807) is 13.0 Å². The van der Waals surface area contributed by atoms with Crippen LogP contribution in [0.3, 0.4) is 0 Å². The fraction of sp³-hybridized carbons (Fsp3) is 0.364. The molecule has 1 heterocycles. The van der Waals surface area contributed by atoms with Crippen LogP contribution >= 0.6 is 0 Å². The fourth-order valence-corrected chi connectivity index (χ4v) is 1.02. The molecular formula is C11H15NO2. The summed E-state index contributed by atoms with van der Waals surface area (Å²) in [5.41, 5.74) is 1.04. The smallest absolute Gasteiger partial charge is 0.312 e. The van der Waals surface area contributed by atoms with Crippen LogP contribution in [-0.4, -0.2) is 5.97 Å². The van der Waals surface area contributed by atoms with Crippen molar-refractivity contribution in [2.45, 2.75) is 26.7 Å². The Morgan fingerprint density at radius 3 is 2.71 bits per heavy atom. The molecule has 0 radical (unpaired) electrons. The Bertz CT molecular complexity index is 300. The molecule has 1 aliphatic heterocycles. The number of esters is 1. The van der Waals surface area contributed by atoms with Gasteiger partial charge in [-0.1, -0.05) is 26.0 Å². The highest BCUT2D eigenvalue weighted by Crippen LogP contribution is 2.07. The molecule has 0 aliphatic carbocycles. The van der Waals surface area contributed by atoms with Gasteiger partial charge in [0.25, 0.3) is 0 Å². The van der Waals surface area contributed by atoms with Crippen LogP contribution in [0.1, 0.15) is 26.7 Å². The molecule has 0 spiro atoms. The quantitative estimate of drug-likeness (QED) is 0.698. The van der Waals surface area contributed by atoms with Crippen molar-refractivity contribution < 1.29 is 9.53 Å². The zero-order valence-corrected chi connectivity index (χ0v) is 8.54. The molecule has 0 saturated heterocycles. The summed E-state index contributed by atoms with van der Waals surface area (Å²) in [6, 6.07) is 0. The molecule has 1 N–H and O–H groups in total. The second kappa shape index (κ2) is 5.27. The predicted molar refractivity (Wildman–Crippen MR) is 55.1 cm³/mol. The summed E-state index contributed by atoms with van der Waals surface area (Å²) in [5.74, 6) is 0.271. The lowest BCUT2D eigenvalue weighted by atomic mass is 10.3. The molecule has 0 aromatic carbocycles. The van der Waals surface area contributed by atoms with E-state index in [1.807, 2.05) is 25.2 Å². The average molecular weight is 193 g/mol. The van der Waals surface area contributed by atoms with Gasteiger partial charge < -0.3 is 10.1 Å². The molecule has 0 fully saturated rings. The summed E-state index contributed by atoms with van der Waals surface area (Å²) in [6.45, 7) is 3.81. The zero-order chi connectivity index (χ0) is 10.4. The monoisotopic (exact) mass is 193 g/mol. The minimum Gasteiger partial charge on any atom is -0.410 e. The number of carbonyl (C=O) groups is 1. The van der Waals surface area contributed by atoms with Crippen LogP contribution in [-0.2, 0) is 9.53 Å². The van der Waals surface area contributed by atoms with Crippen LogP contribution in [0.25, 0.3) is 0 Å². The van der Waals surface area contributed by atoms with E-state index in [0.717, 1.165) is 12.1 Å². The highest BCUT2D eigenvalue weighted by atomic mass is 16.5. The lowest BCUT2D eigenvalue weighted by Crippen LogP contribution is -2.17. The van der Waals surface area contributed by atoms with E-state index >= 15 is 0 Å². The van der Waals surface area contributed by atoms with Gasteiger partial charge in [-0.05, 0) is 18.6 Å². The zero-order valence-electron chi connectivity index (χ0n) is 8.54. The highest BCUT2D eigenvalue weighted by molar-refractivity contribution is 5.70. The van der Waals surface area contributed by atoms with E-state index in [0.29, 0.717) is 12.3 Å². The summed E-state index contributed by atoms with van der Waals surface area (Å²) in [7, 11) is 0. The maximum Gasteiger partial charge on any atom is 0.312 e. The first kappa shape index (κ1) is 10.6. The topological polar surface area (TPSA) is 38.3 Å². The largest absolute Gasteiger partial charge is 0.410 e. The van der Waals surface area contributed by atoms with Crippen molar-refractivity contribution in [2.75, 3.05) is 0 Å². The molecule has 0 atom stereocenters. The van der Waals surface area contributed by atoms with Gasteiger partial charge in [-0.15, -0.1) is 0 Å². The van der Waals surface area contributed by atoms with Crippen LogP contribution in [0.2, 0.25) is 0 Å². The second-order valence-corrected chi connectivity index (χ2v) is 2.91. The van der Waals surface area contributed by atoms with Gasteiger partial charge in [-0.3, -0.25) is 4.79 Å². The molecule has 1 aliphatic rings. The lowest BCUT2D eigenvalue weighted by Gasteiger charge is -2.10. The number of allylic oxidation sites excluding steroid dienone is 5. The van der Waals surface area contributed by atoms with Gasteiger partial charge in [0.1, 0.15) is 0 Å². The second-order valence-electron chi connectivity index (χ2n) is 2.91. The highest BCUT2D eigenvalue weighted by Gasteiger charge is 2.06. The third-order valence-corrected chi connectivity index (χ3v) is 1.83. The number of hydrogen-bond acceptors (Lipinski definition) is 3. The first-order valence-electron chi connectivity index (χ1n) is 4.81. The molecular weight excluding hydrogens is 178 g/mol. The van der Waals surface area contributed by atoms with Crippen molar-refractivity contribution in [1.82, 2.24) is 5.32 Å². The van der Waals surface area contributed by atoms with Crippen LogP contribution in [0.5, 0.6) is 0 Å². The molecule has 0 amide bonds. The third kappa shape index (κ3) is 3.09. The summed E-state index contributed by atoms with van der Waals surface area (Å²) in [6.07, 6.45) is 8.72. The number of nitrogens with one attached hydrogen (secondary N) is 1. The number of carbonyl (C=O) groups excluding carboxylic acids is 1. The summed E-state index contributed by atoms with van der Waals surface area (Å²) in [4.78, 5) is 11.0. The molecule has 14 heavy (non-hydrogen) atoms. The molecule has 3 heteroatoms. The van der Waals surface area contributed by atoms with Gasteiger partial charge >= 0.3 is 5.97 Å². The minimum atomic E-state index is -0.227. The maximum atomic E-state index is 11.0. The summed E-state index contributed by atoms with van der Waals surface area (Å²) < 4.78 is 5.07. The van der Waals surface area contributed by atoms with E-state index in [2.05, 4.69) is 5.32 Å². The van der Waals surface area contributed by atoms with Crippen LogP contribution in [0, 0.1) is 0 Å². The Kier molecular flexibility index (Phi) is 3.98.